The maximum absolute atomic E-state index is 14.4. The fourth-order valence-corrected chi connectivity index (χ4v) is 10.5. The first kappa shape index (κ1) is 46.3. The molecule has 0 radical (unpaired) electrons. The monoisotopic (exact) mass is 773 g/mol. The molecule has 11 nitrogen and oxygen atoms in total. The van der Waals surface area contributed by atoms with Crippen LogP contribution in [-0.2, 0) is 33.3 Å². The van der Waals surface area contributed by atoms with Crippen molar-refractivity contribution in [2.45, 2.75) is 199 Å². The average molecular weight is 774 g/mol. The summed E-state index contributed by atoms with van der Waals surface area (Å²) in [5, 5.41) is 44.0. The van der Waals surface area contributed by atoms with Crippen LogP contribution >= 0.6 is 0 Å². The van der Waals surface area contributed by atoms with Gasteiger partial charge in [-0.2, -0.15) is 0 Å². The van der Waals surface area contributed by atoms with E-state index in [2.05, 4.69) is 20.8 Å². The van der Waals surface area contributed by atoms with Crippen LogP contribution in [-0.4, -0.2) is 97.7 Å². The van der Waals surface area contributed by atoms with Gasteiger partial charge in [0.25, 0.3) is 0 Å². The van der Waals surface area contributed by atoms with Gasteiger partial charge in [-0.05, 0) is 95.6 Å². The summed E-state index contributed by atoms with van der Waals surface area (Å²) in [5.41, 5.74) is -1.63. The van der Waals surface area contributed by atoms with Gasteiger partial charge in [-0.1, -0.05) is 55.4 Å². The molecule has 304 valence electrons. The number of hydrogen-bond donors (Lipinski definition) is 4. The molecule has 18 unspecified atom stereocenters. The maximum atomic E-state index is 14.4. The van der Waals surface area contributed by atoms with Gasteiger partial charge in [-0.25, -0.2) is 0 Å². The first-order chi connectivity index (χ1) is 24.8. The van der Waals surface area contributed by atoms with Crippen molar-refractivity contribution in [3.05, 3.63) is 12.2 Å². The Balaban J connectivity index is 0.00000650. The molecule has 0 aromatic carbocycles. The van der Waals surface area contributed by atoms with Gasteiger partial charge in [-0.3, -0.25) is 9.59 Å². The van der Waals surface area contributed by atoms with E-state index in [1.807, 2.05) is 41.5 Å². The SMILES string of the molecule is CCC(C(=O)O)C1CCC(C)C(C(C)C(O)C(C)C(=O)C(CC)C2OC3(C=CC(O)C4(CCC(C)(C5CCC(O)(CC)C(C)O5)O4)O3)C(C)CC2C)O1.[Na+]. The van der Waals surface area contributed by atoms with Crippen LogP contribution in [0, 0.1) is 41.4 Å². The Hall–Kier alpha value is -0.440. The number of rotatable bonds is 12. The second kappa shape index (κ2) is 17.8. The smallest absolute Gasteiger partial charge is 0.481 e. The molecule has 5 rings (SSSR count). The summed E-state index contributed by atoms with van der Waals surface area (Å²) in [6, 6.07) is 0. The summed E-state index contributed by atoms with van der Waals surface area (Å²) < 4.78 is 33.5. The van der Waals surface area contributed by atoms with Crippen molar-refractivity contribution >= 4 is 11.8 Å². The second-order valence-electron chi connectivity index (χ2n) is 17.9. The number of aliphatic hydroxyl groups is 3. The molecule has 0 aromatic rings. The number of hydrogen-bond acceptors (Lipinski definition) is 10. The summed E-state index contributed by atoms with van der Waals surface area (Å²) in [5.74, 6) is -5.78. The summed E-state index contributed by atoms with van der Waals surface area (Å²) >= 11 is 0. The van der Waals surface area contributed by atoms with E-state index in [9.17, 15) is 30.0 Å². The van der Waals surface area contributed by atoms with Gasteiger partial charge >= 0.3 is 35.5 Å². The van der Waals surface area contributed by atoms with Crippen LogP contribution in [0.4, 0.5) is 0 Å². The number of ether oxygens (including phenoxy) is 5. The Morgan fingerprint density at radius 1 is 0.889 bits per heavy atom. The molecule has 0 bridgehead atoms. The standard InChI is InChI=1S/C42H70O11.Na/c1-11-29(38(46)47)31-15-14-23(4)36(50-31)27(8)34(44)26(7)35(45)30(12-2)37-24(5)22-25(6)41(51-37)19-16-32(43)42(53-41)21-20-39(10,52-42)33-17-18-40(48,13-3)28(9)49-33;/h16,19,23-34,36-37,43-44,48H,11-15,17-18,20-22H2,1-10H3,(H,46,47);/q;+1. The van der Waals surface area contributed by atoms with E-state index >= 15 is 0 Å². The predicted octanol–water partition coefficient (Wildman–Crippen LogP) is 3.19. The molecule has 54 heavy (non-hydrogen) atoms. The summed E-state index contributed by atoms with van der Waals surface area (Å²) in [7, 11) is 0. The minimum Gasteiger partial charge on any atom is -0.481 e. The van der Waals surface area contributed by atoms with Gasteiger partial charge in [0.15, 0.2) is 5.79 Å². The van der Waals surface area contributed by atoms with Gasteiger partial charge in [-0.15, -0.1) is 0 Å². The maximum Gasteiger partial charge on any atom is 1.00 e. The Bertz CT molecular complexity index is 1330. The fraction of sp³-hybridized carbons (Fsp3) is 0.905. The summed E-state index contributed by atoms with van der Waals surface area (Å²) in [4.78, 5) is 26.4. The minimum absolute atomic E-state index is 0. The summed E-state index contributed by atoms with van der Waals surface area (Å²) in [6.45, 7) is 19.6. The molecule has 18 atom stereocenters. The van der Waals surface area contributed by atoms with Crippen molar-refractivity contribution in [1.82, 2.24) is 0 Å². The number of aliphatic carboxylic acids is 1. The van der Waals surface area contributed by atoms with Crippen molar-refractivity contribution in [3.8, 4) is 0 Å². The molecule has 12 heteroatoms. The molecule has 4 N–H and O–H groups in total. The summed E-state index contributed by atoms with van der Waals surface area (Å²) in [6.07, 6.45) is 5.51. The molecule has 4 saturated heterocycles. The molecule has 0 amide bonds. The third-order valence-electron chi connectivity index (χ3n) is 14.4. The molecule has 2 spiro atoms. The average Bonchev–Trinajstić information content (AvgIpc) is 3.47. The molecule has 0 saturated carbocycles. The molecule has 5 aliphatic heterocycles. The number of carbonyl (C=O) groups is 2. The van der Waals surface area contributed by atoms with Crippen LogP contribution in [0.2, 0.25) is 0 Å². The molecule has 5 heterocycles. The van der Waals surface area contributed by atoms with E-state index in [0.29, 0.717) is 57.8 Å². The van der Waals surface area contributed by atoms with E-state index in [0.717, 1.165) is 6.42 Å². The minimum atomic E-state index is -1.37. The van der Waals surface area contributed by atoms with Crippen LogP contribution in [0.3, 0.4) is 0 Å². The van der Waals surface area contributed by atoms with Crippen LogP contribution in [0.15, 0.2) is 12.2 Å². The zero-order chi connectivity index (χ0) is 39.3. The van der Waals surface area contributed by atoms with Crippen LogP contribution in [0.25, 0.3) is 0 Å². The number of carboxylic acid groups (broad SMARTS) is 1. The molecule has 4 fully saturated rings. The van der Waals surface area contributed by atoms with Crippen LogP contribution in [0.1, 0.15) is 133 Å². The number of carboxylic acids is 1. The molecule has 0 aliphatic carbocycles. The zero-order valence-corrected chi connectivity index (χ0v) is 37.0. The Labute approximate surface area is 345 Å². The third kappa shape index (κ3) is 8.63. The normalized spacial score (nSPS) is 45.3. The number of carbonyl (C=O) groups excluding carboxylic acids is 1. The van der Waals surface area contributed by atoms with Crippen molar-refractivity contribution in [2.24, 2.45) is 41.4 Å². The van der Waals surface area contributed by atoms with Gasteiger partial charge in [0.05, 0.1) is 53.7 Å². The topological polar surface area (TPSA) is 161 Å². The largest absolute Gasteiger partial charge is 1.00 e. The molecule has 5 aliphatic rings. The van der Waals surface area contributed by atoms with E-state index < -0.39 is 76.8 Å². The van der Waals surface area contributed by atoms with Gasteiger partial charge in [0, 0.05) is 30.1 Å². The van der Waals surface area contributed by atoms with Crippen molar-refractivity contribution in [3.63, 3.8) is 0 Å². The Morgan fingerprint density at radius 2 is 1.56 bits per heavy atom. The molecular weight excluding hydrogens is 703 g/mol. The quantitative estimate of drug-likeness (QED) is 0.170. The second-order valence-corrected chi connectivity index (χ2v) is 17.9. The third-order valence-corrected chi connectivity index (χ3v) is 14.4. The first-order valence-corrected chi connectivity index (χ1v) is 20.7. The first-order valence-electron chi connectivity index (χ1n) is 20.7. The van der Waals surface area contributed by atoms with E-state index in [1.165, 1.54) is 0 Å². The zero-order valence-electron chi connectivity index (χ0n) is 35.0. The fourth-order valence-electron chi connectivity index (χ4n) is 10.5. The number of aliphatic hydroxyl groups excluding tert-OH is 2. The van der Waals surface area contributed by atoms with Crippen molar-refractivity contribution in [2.75, 3.05) is 0 Å². The number of ketones is 1. The number of Topliss-reactive ketones (excluding diaryl/α,β-unsaturated/α-hetero) is 1. The predicted molar refractivity (Wildman–Crippen MR) is 199 cm³/mol. The van der Waals surface area contributed by atoms with E-state index in [1.54, 1.807) is 19.1 Å². The van der Waals surface area contributed by atoms with Crippen molar-refractivity contribution < 1.29 is 83.3 Å². The Morgan fingerprint density at radius 3 is 2.15 bits per heavy atom. The van der Waals surface area contributed by atoms with E-state index in [-0.39, 0.29) is 71.4 Å². The van der Waals surface area contributed by atoms with Gasteiger partial charge in [0.2, 0.25) is 5.79 Å². The van der Waals surface area contributed by atoms with Gasteiger partial charge < -0.3 is 44.1 Å². The molecular formula is C42H70NaO11+. The Kier molecular flexibility index (Phi) is 15.3. The van der Waals surface area contributed by atoms with Crippen LogP contribution < -0.4 is 29.6 Å². The van der Waals surface area contributed by atoms with Crippen molar-refractivity contribution in [1.29, 1.82) is 0 Å². The van der Waals surface area contributed by atoms with Crippen LogP contribution in [0.5, 0.6) is 0 Å². The molecule has 0 aromatic heterocycles. The van der Waals surface area contributed by atoms with Gasteiger partial charge in [0.1, 0.15) is 11.9 Å². The van der Waals surface area contributed by atoms with E-state index in [4.69, 9.17) is 23.7 Å².